The number of carbonyl (C=O) groups excluding carboxylic acids is 2. The van der Waals surface area contributed by atoms with Crippen molar-refractivity contribution in [3.8, 4) is 26.3 Å². The van der Waals surface area contributed by atoms with Crippen LogP contribution < -0.4 is 31.6 Å². The van der Waals surface area contributed by atoms with Crippen LogP contribution in [0.4, 0.5) is 11.6 Å². The molecule has 2 fully saturated rings. The molecule has 0 aromatic carbocycles. The highest BCUT2D eigenvalue weighted by atomic mass is 35.5. The summed E-state index contributed by atoms with van der Waals surface area (Å²) in [4.78, 5) is 135. The standard InChI is InChI=1S/C20H22N4O3S.C18H18N4O3S.2C12H6ClN3O3S.7CH4/c1-4-27-19(26)15-11-24(20-21-7-8-28-20)18-14(17(15)25)5-6-16(22-18)23-9-12(2)13(3)10-23;1-10-7-21(8-11(10)2)14-4-3-12-15(23)13(17(24)25)9-22(16(12)20-14)18-19-5-6-26-18;13-8-2-1-6-9(18)7(5-17)11(19)16(10(6)15-8)12-14-3-4-20-12;13-8-2-1-6-9(17)7(11(18)19)5-16(10(6)15-8)12-14-3-4-20-12;;;;;;;/h5-8,11-13H,4,9-10H2,1-3H3;3-6,9-11H,7-8H2,1-2H3,(H,24,25);1-5,18H;1-5H,(H,18,19);7*1H4/t12-,13-;10-,11-;;;;;;;;;/m00........./s1. The van der Waals surface area contributed by atoms with Crippen molar-refractivity contribution in [3.05, 3.63) is 187 Å². The lowest BCUT2D eigenvalue weighted by Crippen LogP contribution is -2.23. The van der Waals surface area contributed by atoms with Gasteiger partial charge in [-0.2, -0.15) is 0 Å². The number of ether oxygens (including phenoxy) is 1. The molecular weight excluding hydrogens is 1420 g/mol. The van der Waals surface area contributed by atoms with Crippen molar-refractivity contribution in [1.82, 2.24) is 58.1 Å². The van der Waals surface area contributed by atoms with E-state index in [0.29, 0.717) is 67.2 Å². The number of anilines is 2. The second-order valence-electron chi connectivity index (χ2n) is 21.6. The van der Waals surface area contributed by atoms with Crippen molar-refractivity contribution < 1.29 is 39.2 Å². The fraction of sp³-hybridized carbons (Fsp3) is 0.304. The van der Waals surface area contributed by atoms with E-state index in [2.05, 4.69) is 67.4 Å². The zero-order valence-corrected chi connectivity index (χ0v) is 54.8. The third-order valence-electron chi connectivity index (χ3n) is 15.7. The number of carbonyl (C=O) groups is 4. The van der Waals surface area contributed by atoms with Gasteiger partial charge in [-0.3, -0.25) is 37.7 Å². The van der Waals surface area contributed by atoms with Gasteiger partial charge < -0.3 is 29.9 Å². The number of fused-ring (bicyclic) bond motifs is 4. The molecule has 101 heavy (non-hydrogen) atoms. The van der Waals surface area contributed by atoms with Crippen LogP contribution in [-0.4, -0.2) is 130 Å². The average Bonchev–Trinajstić information content (AvgIpc) is 1.32. The van der Waals surface area contributed by atoms with Crippen molar-refractivity contribution in [2.75, 3.05) is 42.6 Å². The van der Waals surface area contributed by atoms with Crippen LogP contribution in [0.1, 0.15) is 128 Å². The summed E-state index contributed by atoms with van der Waals surface area (Å²) in [7, 11) is 0. The molecule has 0 aliphatic carbocycles. The van der Waals surface area contributed by atoms with Crippen LogP contribution in [0.15, 0.2) is 133 Å². The van der Waals surface area contributed by atoms with Gasteiger partial charge in [-0.25, -0.2) is 58.8 Å². The van der Waals surface area contributed by atoms with Gasteiger partial charge in [-0.15, -0.1) is 45.3 Å². The summed E-state index contributed by atoms with van der Waals surface area (Å²) in [6.07, 6.45) is 10.8. The number of aldehydes is 1. The van der Waals surface area contributed by atoms with E-state index in [1.54, 1.807) is 69.0 Å². The molecule has 26 nitrogen and oxygen atoms in total. The van der Waals surface area contributed by atoms with E-state index in [1.807, 2.05) is 11.4 Å². The Morgan fingerprint density at radius 3 is 1.20 bits per heavy atom. The van der Waals surface area contributed by atoms with Gasteiger partial charge in [0, 0.05) is 91.1 Å². The number of pyridine rings is 8. The van der Waals surface area contributed by atoms with Crippen molar-refractivity contribution >= 4 is 149 Å². The van der Waals surface area contributed by atoms with Crippen LogP contribution in [-0.2, 0) is 4.74 Å². The lowest BCUT2D eigenvalue weighted by Gasteiger charge is -2.18. The van der Waals surface area contributed by atoms with E-state index >= 15 is 0 Å². The van der Waals surface area contributed by atoms with Gasteiger partial charge in [0.1, 0.15) is 49.9 Å². The Labute approximate surface area is 608 Å². The molecule has 32 heteroatoms. The number of aromatic hydroxyl groups is 1. The van der Waals surface area contributed by atoms with E-state index in [1.165, 1.54) is 99.0 Å². The number of hydrogen-bond donors (Lipinski definition) is 3. The van der Waals surface area contributed by atoms with Gasteiger partial charge in [0.15, 0.2) is 49.4 Å². The molecule has 0 saturated carbocycles. The van der Waals surface area contributed by atoms with Gasteiger partial charge in [0.05, 0.1) is 28.2 Å². The number of nitrogens with zero attached hydrogens (tertiary/aromatic N) is 14. The molecule has 2 aliphatic rings. The van der Waals surface area contributed by atoms with Gasteiger partial charge in [-0.05, 0) is 79.1 Å². The first-order valence-corrected chi connectivity index (χ1v) is 32.9. The molecule has 4 atom stereocenters. The van der Waals surface area contributed by atoms with E-state index in [9.17, 15) is 48.6 Å². The van der Waals surface area contributed by atoms with Crippen molar-refractivity contribution in [2.24, 2.45) is 23.7 Å². The molecule has 0 bridgehead atoms. The van der Waals surface area contributed by atoms with E-state index < -0.39 is 40.1 Å². The second kappa shape index (κ2) is 35.4. The number of aromatic nitrogens is 12. The minimum Gasteiger partial charge on any atom is -0.506 e. The van der Waals surface area contributed by atoms with E-state index in [0.717, 1.165) is 42.4 Å². The van der Waals surface area contributed by atoms with Gasteiger partial charge >= 0.3 is 17.9 Å². The molecule has 3 N–H and O–H groups in total. The summed E-state index contributed by atoms with van der Waals surface area (Å²) >= 11 is 17.0. The van der Waals surface area contributed by atoms with Gasteiger partial charge in [0.2, 0.25) is 16.3 Å². The molecule has 0 spiro atoms. The summed E-state index contributed by atoms with van der Waals surface area (Å²) in [6.45, 7) is 14.5. The van der Waals surface area contributed by atoms with Crippen LogP contribution in [0, 0.1) is 23.7 Å². The molecule has 12 aromatic heterocycles. The molecule has 536 valence electrons. The highest BCUT2D eigenvalue weighted by Crippen LogP contribution is 2.32. The number of esters is 1. The third kappa shape index (κ3) is 16.9. The molecular formula is C69H80Cl2N14O12S4. The molecule has 0 amide bonds. The highest BCUT2D eigenvalue weighted by Gasteiger charge is 2.30. The Balaban J connectivity index is 0.000000282. The lowest BCUT2D eigenvalue weighted by molar-refractivity contribution is 0.0523. The smallest absolute Gasteiger partial charge is 0.343 e. The quantitative estimate of drug-likeness (QED) is 0.0615. The average molecular weight is 1500 g/mol. The summed E-state index contributed by atoms with van der Waals surface area (Å²) in [6, 6.07) is 12.9. The monoisotopic (exact) mass is 1490 g/mol. The summed E-state index contributed by atoms with van der Waals surface area (Å²) in [5.41, 5.74) is -1.78. The van der Waals surface area contributed by atoms with Crippen LogP contribution in [0.5, 0.6) is 5.75 Å². The third-order valence-corrected chi connectivity index (χ3v) is 19.2. The maximum atomic E-state index is 12.9. The number of carboxylic acids is 2. The van der Waals surface area contributed by atoms with Crippen LogP contribution in [0.25, 0.3) is 64.7 Å². The van der Waals surface area contributed by atoms with Crippen LogP contribution in [0.3, 0.4) is 0 Å². The largest absolute Gasteiger partial charge is 0.506 e. The van der Waals surface area contributed by atoms with Gasteiger partial charge in [0.25, 0.3) is 5.56 Å². The molecule has 14 heterocycles. The maximum absolute atomic E-state index is 12.9. The molecule has 0 radical (unpaired) electrons. The zero-order valence-electron chi connectivity index (χ0n) is 50.1. The van der Waals surface area contributed by atoms with Crippen LogP contribution >= 0.6 is 68.5 Å². The van der Waals surface area contributed by atoms with Crippen molar-refractivity contribution in [3.63, 3.8) is 0 Å². The van der Waals surface area contributed by atoms with Crippen molar-refractivity contribution in [1.29, 1.82) is 0 Å². The number of carboxylic acid groups (broad SMARTS) is 2. The normalized spacial score (nSPS) is 14.8. The first kappa shape index (κ1) is 83.4. The van der Waals surface area contributed by atoms with Crippen LogP contribution in [0.2, 0.25) is 10.3 Å². The molecule has 2 saturated heterocycles. The Kier molecular flexibility index (Phi) is 29.2. The predicted octanol–water partition coefficient (Wildman–Crippen LogP) is 14.4. The number of rotatable bonds is 11. The summed E-state index contributed by atoms with van der Waals surface area (Å²) < 4.78 is 11.0. The molecule has 12 aromatic rings. The second-order valence-corrected chi connectivity index (χ2v) is 25.9. The Hall–Kier alpha value is -9.98. The predicted molar refractivity (Wildman–Crippen MR) is 407 cm³/mol. The van der Waals surface area contributed by atoms with E-state index in [-0.39, 0.29) is 124 Å². The fourth-order valence-corrected chi connectivity index (χ4v) is 13.3. The Bertz CT molecular complexity index is 5130. The number of thiazole rings is 4. The van der Waals surface area contributed by atoms with Crippen molar-refractivity contribution in [2.45, 2.75) is 86.6 Å². The highest BCUT2D eigenvalue weighted by molar-refractivity contribution is 7.12. The molecule has 14 rings (SSSR count). The fourth-order valence-electron chi connectivity index (χ4n) is 10.5. The van der Waals surface area contributed by atoms with Gasteiger partial charge in [-0.1, -0.05) is 103 Å². The maximum Gasteiger partial charge on any atom is 0.343 e. The number of halogens is 2. The first-order chi connectivity index (χ1) is 45.1. The first-order valence-electron chi connectivity index (χ1n) is 28.6. The zero-order chi connectivity index (χ0) is 66.8. The Morgan fingerprint density at radius 1 is 0.505 bits per heavy atom. The minimum absolute atomic E-state index is 0. The van der Waals surface area contributed by atoms with E-state index in [4.69, 9.17) is 43.0 Å². The summed E-state index contributed by atoms with van der Waals surface area (Å²) in [5, 5.41) is 39.1. The Morgan fingerprint density at radius 2 is 0.842 bits per heavy atom. The minimum atomic E-state index is -1.29. The SMILES string of the molecule is C.C.C.C.C.C.C.CCOC(=O)c1cn(-c2nccs2)c2nc(N3C[C@H](C)[C@@H](C)C3)ccc2c1=O.C[C@H]1CN(c2ccc3c(=O)c(C(=O)O)cn(-c4nccs4)c3n2)C[C@@H]1C.O=C(O)c1cn(-c2nccs2)c2nc(Cl)ccc2c1=O.O=Cc1c(O)c2ccc(Cl)nc2n(-c2nccs2)c1=O. The topological polar surface area (TPSA) is 336 Å². The molecule has 0 unspecified atom stereocenters. The summed E-state index contributed by atoms with van der Waals surface area (Å²) in [5.74, 6) is 0.355. The molecule has 2 aliphatic heterocycles. The lowest BCUT2D eigenvalue weighted by atomic mass is 10.0. The number of hydrogen-bond acceptors (Lipinski definition) is 24. The number of aromatic carboxylic acids is 2.